The summed E-state index contributed by atoms with van der Waals surface area (Å²) in [5, 5.41) is 3.41. The summed E-state index contributed by atoms with van der Waals surface area (Å²) in [4.78, 5) is 13.7. The van der Waals surface area contributed by atoms with E-state index in [1.807, 2.05) is 36.1 Å². The van der Waals surface area contributed by atoms with Crippen molar-refractivity contribution in [3.63, 3.8) is 0 Å². The molecular weight excluding hydrogens is 276 g/mol. The van der Waals surface area contributed by atoms with Crippen LogP contribution in [0, 0.1) is 6.92 Å². The molecule has 1 N–H and O–H groups in total. The van der Waals surface area contributed by atoms with Crippen molar-refractivity contribution in [3.8, 4) is 0 Å². The monoisotopic (exact) mass is 298 g/mol. The third-order valence-electron chi connectivity index (χ3n) is 4.06. The lowest BCUT2D eigenvalue weighted by atomic mass is 10.1. The maximum absolute atomic E-state index is 11.8. The number of aryl methyl sites for hydroxylation is 1. The van der Waals surface area contributed by atoms with Crippen LogP contribution >= 0.6 is 0 Å². The van der Waals surface area contributed by atoms with E-state index >= 15 is 0 Å². The zero-order valence-electron chi connectivity index (χ0n) is 13.0. The lowest BCUT2D eigenvalue weighted by Gasteiger charge is -2.18. The van der Waals surface area contributed by atoms with Gasteiger partial charge in [-0.2, -0.15) is 0 Å². The maximum atomic E-state index is 11.8. The van der Waals surface area contributed by atoms with Gasteiger partial charge in [-0.3, -0.25) is 4.79 Å². The van der Waals surface area contributed by atoms with E-state index in [0.717, 1.165) is 37.6 Å². The van der Waals surface area contributed by atoms with Gasteiger partial charge < -0.3 is 14.6 Å². The van der Waals surface area contributed by atoms with Crippen molar-refractivity contribution in [2.45, 2.75) is 39.4 Å². The Morgan fingerprint density at radius 3 is 2.64 bits per heavy atom. The second-order valence-corrected chi connectivity index (χ2v) is 5.80. The number of rotatable bonds is 6. The molecule has 1 aromatic heterocycles. The van der Waals surface area contributed by atoms with Crippen LogP contribution in [0.25, 0.3) is 0 Å². The number of carbonyl (C=O) groups is 1. The Morgan fingerprint density at radius 2 is 1.95 bits per heavy atom. The summed E-state index contributed by atoms with van der Waals surface area (Å²) in [6, 6.07) is 12.3. The summed E-state index contributed by atoms with van der Waals surface area (Å²) in [6.07, 6.45) is 1.68. The second-order valence-electron chi connectivity index (χ2n) is 5.80. The van der Waals surface area contributed by atoms with Gasteiger partial charge in [0.15, 0.2) is 0 Å². The summed E-state index contributed by atoms with van der Waals surface area (Å²) < 4.78 is 5.56. The van der Waals surface area contributed by atoms with Crippen LogP contribution in [0.1, 0.15) is 35.5 Å². The van der Waals surface area contributed by atoms with Crippen molar-refractivity contribution in [2.75, 3.05) is 6.54 Å². The smallest absolute Gasteiger partial charge is 0.222 e. The molecule has 4 nitrogen and oxygen atoms in total. The molecule has 0 saturated carbocycles. The summed E-state index contributed by atoms with van der Waals surface area (Å²) >= 11 is 0. The number of hydrogen-bond acceptors (Lipinski definition) is 3. The van der Waals surface area contributed by atoms with Crippen LogP contribution in [-0.4, -0.2) is 17.4 Å². The fourth-order valence-corrected chi connectivity index (χ4v) is 2.86. The standard InChI is InChI=1S/C18H22N2O2/c1-14-8-9-17(22-14)12-19-11-15-5-2-3-6-16(15)13-20-10-4-7-18(20)21/h2-3,5-6,8-9,19H,4,7,10-13H2,1H3. The van der Waals surface area contributed by atoms with E-state index in [-0.39, 0.29) is 5.91 Å². The van der Waals surface area contributed by atoms with E-state index in [0.29, 0.717) is 13.0 Å². The third-order valence-corrected chi connectivity index (χ3v) is 4.06. The highest BCUT2D eigenvalue weighted by Gasteiger charge is 2.20. The van der Waals surface area contributed by atoms with Gasteiger partial charge in [0.25, 0.3) is 0 Å². The van der Waals surface area contributed by atoms with Gasteiger partial charge >= 0.3 is 0 Å². The predicted octanol–water partition coefficient (Wildman–Crippen LogP) is 3.00. The Balaban J connectivity index is 1.59. The highest BCUT2D eigenvalue weighted by atomic mass is 16.3. The molecule has 1 fully saturated rings. The molecule has 4 heteroatoms. The molecule has 1 aromatic carbocycles. The maximum Gasteiger partial charge on any atom is 0.222 e. The summed E-state index contributed by atoms with van der Waals surface area (Å²) in [7, 11) is 0. The first-order valence-electron chi connectivity index (χ1n) is 7.83. The molecule has 1 saturated heterocycles. The SMILES string of the molecule is Cc1ccc(CNCc2ccccc2CN2CCCC2=O)o1. The molecule has 0 spiro atoms. The van der Waals surface area contributed by atoms with Crippen molar-refractivity contribution in [2.24, 2.45) is 0 Å². The van der Waals surface area contributed by atoms with Crippen LogP contribution in [0.3, 0.4) is 0 Å². The normalized spacial score (nSPS) is 14.8. The van der Waals surface area contributed by atoms with Gasteiger partial charge in [-0.05, 0) is 36.6 Å². The highest BCUT2D eigenvalue weighted by molar-refractivity contribution is 5.78. The Labute approximate surface area is 131 Å². The van der Waals surface area contributed by atoms with E-state index in [4.69, 9.17) is 4.42 Å². The lowest BCUT2D eigenvalue weighted by molar-refractivity contribution is -0.128. The molecule has 116 valence electrons. The van der Waals surface area contributed by atoms with Crippen LogP contribution in [0.5, 0.6) is 0 Å². The first-order valence-corrected chi connectivity index (χ1v) is 7.83. The zero-order valence-corrected chi connectivity index (χ0v) is 13.0. The van der Waals surface area contributed by atoms with Gasteiger partial charge in [0.1, 0.15) is 11.5 Å². The van der Waals surface area contributed by atoms with Gasteiger partial charge in [-0.15, -0.1) is 0 Å². The molecule has 2 aromatic rings. The number of amides is 1. The van der Waals surface area contributed by atoms with Gasteiger partial charge in [0.05, 0.1) is 6.54 Å². The Morgan fingerprint density at radius 1 is 1.14 bits per heavy atom. The number of likely N-dealkylation sites (tertiary alicyclic amines) is 1. The van der Waals surface area contributed by atoms with Gasteiger partial charge in [-0.1, -0.05) is 24.3 Å². The largest absolute Gasteiger partial charge is 0.465 e. The van der Waals surface area contributed by atoms with Crippen molar-refractivity contribution >= 4 is 5.91 Å². The Hall–Kier alpha value is -2.07. The van der Waals surface area contributed by atoms with Crippen LogP contribution < -0.4 is 5.32 Å². The van der Waals surface area contributed by atoms with Crippen LogP contribution in [0.2, 0.25) is 0 Å². The van der Waals surface area contributed by atoms with Gasteiger partial charge in [0, 0.05) is 26.1 Å². The highest BCUT2D eigenvalue weighted by Crippen LogP contribution is 2.17. The molecule has 0 bridgehead atoms. The summed E-state index contributed by atoms with van der Waals surface area (Å²) in [6.45, 7) is 5.04. The van der Waals surface area contributed by atoms with Crippen molar-refractivity contribution in [3.05, 3.63) is 59.0 Å². The summed E-state index contributed by atoms with van der Waals surface area (Å²) in [5.41, 5.74) is 2.46. The number of nitrogens with zero attached hydrogens (tertiary/aromatic N) is 1. The number of nitrogens with one attached hydrogen (secondary N) is 1. The molecule has 2 heterocycles. The summed E-state index contributed by atoms with van der Waals surface area (Å²) in [5.74, 6) is 2.16. The van der Waals surface area contributed by atoms with E-state index in [9.17, 15) is 4.79 Å². The van der Waals surface area contributed by atoms with Crippen molar-refractivity contribution in [1.82, 2.24) is 10.2 Å². The first-order chi connectivity index (χ1) is 10.7. The topological polar surface area (TPSA) is 45.5 Å². The lowest BCUT2D eigenvalue weighted by Crippen LogP contribution is -2.25. The van der Waals surface area contributed by atoms with Crippen LogP contribution in [0.15, 0.2) is 40.8 Å². The molecule has 3 rings (SSSR count). The number of furan rings is 1. The Kier molecular flexibility index (Phi) is 4.59. The van der Waals surface area contributed by atoms with Crippen LogP contribution in [0.4, 0.5) is 0 Å². The number of hydrogen-bond donors (Lipinski definition) is 1. The molecule has 1 aliphatic heterocycles. The zero-order chi connectivity index (χ0) is 15.4. The molecule has 1 amide bonds. The Bertz CT molecular complexity index is 648. The molecule has 1 aliphatic rings. The minimum absolute atomic E-state index is 0.272. The quantitative estimate of drug-likeness (QED) is 0.891. The minimum Gasteiger partial charge on any atom is -0.465 e. The first kappa shape index (κ1) is 14.9. The fraction of sp³-hybridized carbons (Fsp3) is 0.389. The average molecular weight is 298 g/mol. The molecule has 0 atom stereocenters. The molecular formula is C18H22N2O2. The number of carbonyl (C=O) groups excluding carboxylic acids is 1. The predicted molar refractivity (Wildman–Crippen MR) is 85.1 cm³/mol. The fourth-order valence-electron chi connectivity index (χ4n) is 2.86. The van der Waals surface area contributed by atoms with E-state index < -0.39 is 0 Å². The van der Waals surface area contributed by atoms with Gasteiger partial charge in [-0.25, -0.2) is 0 Å². The molecule has 0 unspecified atom stereocenters. The van der Waals surface area contributed by atoms with E-state index in [1.165, 1.54) is 11.1 Å². The van der Waals surface area contributed by atoms with Crippen molar-refractivity contribution < 1.29 is 9.21 Å². The van der Waals surface area contributed by atoms with E-state index in [1.54, 1.807) is 0 Å². The molecule has 0 aliphatic carbocycles. The second kappa shape index (κ2) is 6.79. The van der Waals surface area contributed by atoms with E-state index in [2.05, 4.69) is 17.4 Å². The molecule has 0 radical (unpaired) electrons. The third kappa shape index (κ3) is 3.57. The average Bonchev–Trinajstić information content (AvgIpc) is 3.10. The van der Waals surface area contributed by atoms with Crippen LogP contribution in [-0.2, 0) is 24.4 Å². The minimum atomic E-state index is 0.272. The van der Waals surface area contributed by atoms with Gasteiger partial charge in [0.2, 0.25) is 5.91 Å². The number of benzene rings is 1. The molecule has 22 heavy (non-hydrogen) atoms. The van der Waals surface area contributed by atoms with Crippen molar-refractivity contribution in [1.29, 1.82) is 0 Å².